The van der Waals surface area contributed by atoms with Gasteiger partial charge in [-0.2, -0.15) is 0 Å². The van der Waals surface area contributed by atoms with Crippen LogP contribution < -0.4 is 5.32 Å². The predicted octanol–water partition coefficient (Wildman–Crippen LogP) is 3.73. The van der Waals surface area contributed by atoms with Gasteiger partial charge >= 0.3 is 6.09 Å². The van der Waals surface area contributed by atoms with Gasteiger partial charge in [-0.3, -0.25) is 0 Å². The first-order valence-corrected chi connectivity index (χ1v) is 8.44. The molecule has 7 heteroatoms. The monoisotopic (exact) mass is 339 g/mol. The molecule has 0 saturated heterocycles. The highest BCUT2D eigenvalue weighted by atomic mass is 35.5. The van der Waals surface area contributed by atoms with Crippen molar-refractivity contribution in [3.8, 4) is 0 Å². The molecule has 0 fully saturated rings. The van der Waals surface area contributed by atoms with Gasteiger partial charge in [0.2, 0.25) is 0 Å². The average Bonchev–Trinajstić information content (AvgIpc) is 2.74. The van der Waals surface area contributed by atoms with Crippen molar-refractivity contribution < 1.29 is 9.53 Å². The van der Waals surface area contributed by atoms with Crippen molar-refractivity contribution >= 4 is 39.2 Å². The third-order valence-corrected chi connectivity index (χ3v) is 4.88. The fourth-order valence-corrected chi connectivity index (χ4v) is 3.94. The topological polar surface area (TPSA) is 64.1 Å². The minimum absolute atomic E-state index is 0.0760. The summed E-state index contributed by atoms with van der Waals surface area (Å²) in [5, 5.41) is 12.4. The summed E-state index contributed by atoms with van der Waals surface area (Å²) in [6.07, 6.45) is 2.24. The first kappa shape index (κ1) is 15.5. The number of nitrogens with one attached hydrogen (secondary N) is 1. The van der Waals surface area contributed by atoms with E-state index in [1.807, 2.05) is 26.8 Å². The summed E-state index contributed by atoms with van der Waals surface area (Å²) >= 11 is 7.62. The molecule has 1 aliphatic rings. The average molecular weight is 340 g/mol. The van der Waals surface area contributed by atoms with E-state index in [2.05, 4.69) is 15.5 Å². The maximum Gasteiger partial charge on any atom is 0.407 e. The number of thiophene rings is 1. The van der Waals surface area contributed by atoms with Crippen molar-refractivity contribution in [3.05, 3.63) is 21.7 Å². The number of hydrogen-bond donors (Lipinski definition) is 1. The fraction of sp³-hybridized carbons (Fsp3) is 0.533. The molecule has 1 unspecified atom stereocenters. The van der Waals surface area contributed by atoms with Crippen LogP contribution in [0.2, 0.25) is 5.15 Å². The Morgan fingerprint density at radius 3 is 2.95 bits per heavy atom. The largest absolute Gasteiger partial charge is 0.444 e. The number of amides is 1. The zero-order chi connectivity index (χ0) is 15.9. The van der Waals surface area contributed by atoms with Crippen molar-refractivity contribution in [2.45, 2.75) is 51.7 Å². The Morgan fingerprint density at radius 1 is 1.45 bits per heavy atom. The third kappa shape index (κ3) is 3.33. The summed E-state index contributed by atoms with van der Waals surface area (Å²) in [6.45, 7) is 5.58. The number of carbonyl (C=O) groups excluding carboxylic acids is 1. The number of alkyl carbamates (subject to hydrolysis) is 1. The molecule has 2 aromatic rings. The van der Waals surface area contributed by atoms with Crippen LogP contribution in [-0.2, 0) is 17.6 Å². The molecule has 0 aromatic carbocycles. The molecule has 2 heterocycles. The van der Waals surface area contributed by atoms with E-state index in [0.29, 0.717) is 5.15 Å². The number of ether oxygens (including phenoxy) is 1. The van der Waals surface area contributed by atoms with E-state index < -0.39 is 5.60 Å². The van der Waals surface area contributed by atoms with E-state index in [4.69, 9.17) is 16.3 Å². The second kappa shape index (κ2) is 5.66. The molecular formula is C15H18ClN3O2S. The highest BCUT2D eigenvalue weighted by Gasteiger charge is 2.26. The number of rotatable bonds is 1. The molecule has 1 amide bonds. The lowest BCUT2D eigenvalue weighted by Gasteiger charge is -2.26. The van der Waals surface area contributed by atoms with E-state index in [-0.39, 0.29) is 12.1 Å². The second-order valence-electron chi connectivity index (χ2n) is 6.48. The predicted molar refractivity (Wildman–Crippen MR) is 87.6 cm³/mol. The highest BCUT2D eigenvalue weighted by molar-refractivity contribution is 7.18. The Kier molecular flexibility index (Phi) is 3.99. The summed E-state index contributed by atoms with van der Waals surface area (Å²) in [7, 11) is 0. The third-order valence-electron chi connectivity index (χ3n) is 3.50. The minimum Gasteiger partial charge on any atom is -0.444 e. The van der Waals surface area contributed by atoms with E-state index >= 15 is 0 Å². The summed E-state index contributed by atoms with van der Waals surface area (Å²) < 4.78 is 5.33. The van der Waals surface area contributed by atoms with Crippen LogP contribution in [0.15, 0.2) is 6.07 Å². The van der Waals surface area contributed by atoms with Crippen LogP contribution in [0.3, 0.4) is 0 Å². The summed E-state index contributed by atoms with van der Waals surface area (Å²) in [5.74, 6) is 0. The normalized spacial score (nSPS) is 18.1. The molecule has 22 heavy (non-hydrogen) atoms. The van der Waals surface area contributed by atoms with Crippen LogP contribution in [0, 0.1) is 0 Å². The first-order valence-electron chi connectivity index (χ1n) is 7.25. The molecule has 3 rings (SSSR count). The molecule has 0 radical (unpaired) electrons. The Labute approximate surface area is 138 Å². The van der Waals surface area contributed by atoms with Gasteiger partial charge in [-0.15, -0.1) is 21.5 Å². The van der Waals surface area contributed by atoms with Crippen LogP contribution in [-0.4, -0.2) is 27.9 Å². The van der Waals surface area contributed by atoms with Crippen LogP contribution >= 0.6 is 22.9 Å². The molecule has 0 saturated carbocycles. The summed E-state index contributed by atoms with van der Waals surface area (Å²) in [5.41, 5.74) is 0.742. The van der Waals surface area contributed by atoms with Crippen LogP contribution in [0.4, 0.5) is 4.79 Å². The van der Waals surface area contributed by atoms with Gasteiger partial charge in [-0.25, -0.2) is 4.79 Å². The molecule has 0 bridgehead atoms. The maximum absolute atomic E-state index is 11.9. The van der Waals surface area contributed by atoms with Crippen LogP contribution in [0.1, 0.15) is 37.6 Å². The molecule has 2 aromatic heterocycles. The Hall–Kier alpha value is -1.40. The van der Waals surface area contributed by atoms with E-state index in [1.54, 1.807) is 11.3 Å². The van der Waals surface area contributed by atoms with E-state index in [0.717, 1.165) is 29.5 Å². The fourth-order valence-electron chi connectivity index (χ4n) is 2.65. The Morgan fingerprint density at radius 2 is 2.23 bits per heavy atom. The lowest BCUT2D eigenvalue weighted by Crippen LogP contribution is -2.41. The lowest BCUT2D eigenvalue weighted by molar-refractivity contribution is 0.0500. The van der Waals surface area contributed by atoms with Crippen LogP contribution in [0.5, 0.6) is 0 Å². The van der Waals surface area contributed by atoms with Gasteiger partial charge in [0.15, 0.2) is 5.15 Å². The second-order valence-corrected chi connectivity index (χ2v) is 7.95. The zero-order valence-electron chi connectivity index (χ0n) is 12.8. The zero-order valence-corrected chi connectivity index (χ0v) is 14.3. The maximum atomic E-state index is 11.9. The molecule has 1 N–H and O–H groups in total. The van der Waals surface area contributed by atoms with E-state index in [1.165, 1.54) is 10.4 Å². The number of nitrogens with zero attached hydrogens (tertiary/aromatic N) is 2. The Balaban J connectivity index is 1.77. The lowest BCUT2D eigenvalue weighted by atomic mass is 9.93. The van der Waals surface area contributed by atoms with Gasteiger partial charge < -0.3 is 10.1 Å². The van der Waals surface area contributed by atoms with Crippen LogP contribution in [0.25, 0.3) is 10.2 Å². The van der Waals surface area contributed by atoms with Crippen molar-refractivity contribution in [1.82, 2.24) is 15.5 Å². The van der Waals surface area contributed by atoms with Gasteiger partial charge in [0.1, 0.15) is 10.4 Å². The van der Waals surface area contributed by atoms with Crippen molar-refractivity contribution in [2.75, 3.05) is 0 Å². The van der Waals surface area contributed by atoms with Gasteiger partial charge in [-0.05, 0) is 51.7 Å². The quantitative estimate of drug-likeness (QED) is 0.859. The summed E-state index contributed by atoms with van der Waals surface area (Å²) in [4.78, 5) is 14.1. The molecule has 0 spiro atoms. The molecular weight excluding hydrogens is 322 g/mol. The molecule has 5 nitrogen and oxygen atoms in total. The Bertz CT molecular complexity index is 723. The molecule has 118 valence electrons. The molecule has 0 aliphatic heterocycles. The number of carbonyl (C=O) groups is 1. The first-order chi connectivity index (χ1) is 10.3. The van der Waals surface area contributed by atoms with Crippen molar-refractivity contribution in [3.63, 3.8) is 0 Å². The number of aryl methyl sites for hydroxylation is 1. The number of fused-ring (bicyclic) bond motifs is 3. The number of halogens is 1. The minimum atomic E-state index is -0.484. The van der Waals surface area contributed by atoms with Gasteiger partial charge in [0.05, 0.1) is 0 Å². The molecule has 1 aliphatic carbocycles. The number of hydrogen-bond acceptors (Lipinski definition) is 5. The SMILES string of the molecule is CC(C)(C)OC(=O)NC1CCc2sc3nnc(Cl)cc3c2C1. The molecule has 1 atom stereocenters. The van der Waals surface area contributed by atoms with Crippen molar-refractivity contribution in [1.29, 1.82) is 0 Å². The van der Waals surface area contributed by atoms with Crippen molar-refractivity contribution in [2.24, 2.45) is 0 Å². The highest BCUT2D eigenvalue weighted by Crippen LogP contribution is 2.35. The van der Waals surface area contributed by atoms with Gasteiger partial charge in [0.25, 0.3) is 0 Å². The van der Waals surface area contributed by atoms with Gasteiger partial charge in [-0.1, -0.05) is 11.6 Å². The number of aromatic nitrogens is 2. The summed E-state index contributed by atoms with van der Waals surface area (Å²) in [6, 6.07) is 1.93. The van der Waals surface area contributed by atoms with Gasteiger partial charge in [0, 0.05) is 16.3 Å². The standard InChI is InChI=1S/C15H18ClN3O2S/c1-15(2,3)21-14(20)17-8-4-5-11-9(6-8)10-7-12(16)18-19-13(10)22-11/h7-8H,4-6H2,1-3H3,(H,17,20). The smallest absolute Gasteiger partial charge is 0.407 e. The van der Waals surface area contributed by atoms with E-state index in [9.17, 15) is 4.79 Å².